The van der Waals surface area contributed by atoms with E-state index in [9.17, 15) is 9.59 Å². The molecule has 0 aromatic carbocycles. The lowest BCUT2D eigenvalue weighted by atomic mass is 10.2. The molecule has 0 spiro atoms. The molecule has 0 fully saturated rings. The third kappa shape index (κ3) is 3.98. The SMILES string of the molecule is CCOC(=O)C(=COC)C(=O)C(Cl)Cl. The van der Waals surface area contributed by atoms with Crippen molar-refractivity contribution in [3.63, 3.8) is 0 Å². The van der Waals surface area contributed by atoms with E-state index < -0.39 is 16.6 Å². The van der Waals surface area contributed by atoms with Crippen molar-refractivity contribution in [1.82, 2.24) is 0 Å². The minimum Gasteiger partial charge on any atom is -0.503 e. The van der Waals surface area contributed by atoms with E-state index in [2.05, 4.69) is 9.47 Å². The first-order chi connectivity index (χ1) is 6.54. The number of carbonyl (C=O) groups excluding carboxylic acids is 2. The van der Waals surface area contributed by atoms with Crippen molar-refractivity contribution in [2.24, 2.45) is 0 Å². The molecule has 0 saturated carbocycles. The van der Waals surface area contributed by atoms with Gasteiger partial charge in [0.1, 0.15) is 11.8 Å². The molecular formula is C8H10Cl2O4. The predicted molar refractivity (Wildman–Crippen MR) is 52.2 cm³/mol. The number of rotatable bonds is 5. The highest BCUT2D eigenvalue weighted by Gasteiger charge is 2.25. The Labute approximate surface area is 91.8 Å². The summed E-state index contributed by atoms with van der Waals surface area (Å²) >= 11 is 10.6. The summed E-state index contributed by atoms with van der Waals surface area (Å²) in [4.78, 5) is 21.1. The topological polar surface area (TPSA) is 52.6 Å². The van der Waals surface area contributed by atoms with Crippen LogP contribution < -0.4 is 0 Å². The molecule has 6 heteroatoms. The van der Waals surface area contributed by atoms with Gasteiger partial charge in [0, 0.05) is 0 Å². The Morgan fingerprint density at radius 3 is 2.36 bits per heavy atom. The molecule has 4 nitrogen and oxygen atoms in total. The third-order valence-electron chi connectivity index (χ3n) is 1.19. The Morgan fingerprint density at radius 2 is 2.00 bits per heavy atom. The fourth-order valence-corrected chi connectivity index (χ4v) is 0.886. The maximum atomic E-state index is 11.2. The van der Waals surface area contributed by atoms with E-state index >= 15 is 0 Å². The maximum absolute atomic E-state index is 11.2. The molecule has 0 aromatic rings. The molecule has 0 bridgehead atoms. The van der Waals surface area contributed by atoms with Gasteiger partial charge in [0.05, 0.1) is 13.7 Å². The van der Waals surface area contributed by atoms with E-state index in [1.54, 1.807) is 6.92 Å². The fourth-order valence-electron chi connectivity index (χ4n) is 0.651. The monoisotopic (exact) mass is 240 g/mol. The lowest BCUT2D eigenvalue weighted by Crippen LogP contribution is -2.20. The number of Topliss-reactive ketones (excluding diaryl/α,β-unsaturated/α-hetero) is 1. The molecule has 0 saturated heterocycles. The van der Waals surface area contributed by atoms with E-state index in [1.807, 2.05) is 0 Å². The van der Waals surface area contributed by atoms with Crippen LogP contribution in [0.25, 0.3) is 0 Å². The molecule has 80 valence electrons. The lowest BCUT2D eigenvalue weighted by Gasteiger charge is -2.05. The maximum Gasteiger partial charge on any atom is 0.345 e. The average molecular weight is 241 g/mol. The third-order valence-corrected chi connectivity index (χ3v) is 1.59. The summed E-state index contributed by atoms with van der Waals surface area (Å²) in [6, 6.07) is 0. The van der Waals surface area contributed by atoms with E-state index in [4.69, 9.17) is 23.2 Å². The first kappa shape index (κ1) is 13.3. The number of halogens is 2. The molecule has 0 radical (unpaired) electrons. The number of hydrogen-bond acceptors (Lipinski definition) is 4. The van der Waals surface area contributed by atoms with Crippen molar-refractivity contribution < 1.29 is 19.1 Å². The highest BCUT2D eigenvalue weighted by atomic mass is 35.5. The number of carbonyl (C=O) groups is 2. The summed E-state index contributed by atoms with van der Waals surface area (Å²) in [5.74, 6) is -1.54. The Morgan fingerprint density at radius 1 is 1.43 bits per heavy atom. The van der Waals surface area contributed by atoms with Gasteiger partial charge in [-0.1, -0.05) is 23.2 Å². The molecule has 0 aromatic heterocycles. The van der Waals surface area contributed by atoms with Crippen LogP contribution in [0, 0.1) is 0 Å². The Balaban J connectivity index is 4.69. The van der Waals surface area contributed by atoms with Gasteiger partial charge in [-0.25, -0.2) is 4.79 Å². The van der Waals surface area contributed by atoms with Crippen molar-refractivity contribution in [2.45, 2.75) is 11.8 Å². The summed E-state index contributed by atoms with van der Waals surface area (Å²) in [6.45, 7) is 1.77. The van der Waals surface area contributed by atoms with E-state index in [1.165, 1.54) is 7.11 Å². The fraction of sp³-hybridized carbons (Fsp3) is 0.500. The van der Waals surface area contributed by atoms with Crippen molar-refractivity contribution in [2.75, 3.05) is 13.7 Å². The number of esters is 1. The van der Waals surface area contributed by atoms with Gasteiger partial charge in [-0.2, -0.15) is 0 Å². The minimum absolute atomic E-state index is 0.155. The predicted octanol–water partition coefficient (Wildman–Crippen LogP) is 1.45. The van der Waals surface area contributed by atoms with E-state index in [0.29, 0.717) is 0 Å². The average Bonchev–Trinajstić information content (AvgIpc) is 2.13. The van der Waals surface area contributed by atoms with Crippen LogP contribution in [0.4, 0.5) is 0 Å². The van der Waals surface area contributed by atoms with E-state index in [0.717, 1.165) is 6.26 Å². The van der Waals surface area contributed by atoms with Crippen LogP contribution in [0.5, 0.6) is 0 Å². The molecule has 0 N–H and O–H groups in total. The number of methoxy groups -OCH3 is 1. The molecule has 0 aliphatic rings. The van der Waals surface area contributed by atoms with Crippen molar-refractivity contribution in [3.05, 3.63) is 11.8 Å². The van der Waals surface area contributed by atoms with Gasteiger partial charge in [0.2, 0.25) is 5.78 Å². The van der Waals surface area contributed by atoms with Gasteiger partial charge in [0.15, 0.2) is 4.84 Å². The van der Waals surface area contributed by atoms with Gasteiger partial charge in [-0.15, -0.1) is 0 Å². The molecule has 0 rings (SSSR count). The van der Waals surface area contributed by atoms with Gasteiger partial charge in [-0.3, -0.25) is 4.79 Å². The molecule has 0 aliphatic carbocycles. The summed E-state index contributed by atoms with van der Waals surface area (Å²) in [5.41, 5.74) is -0.302. The van der Waals surface area contributed by atoms with Crippen LogP contribution in [0.3, 0.4) is 0 Å². The zero-order chi connectivity index (χ0) is 11.1. The number of hydrogen-bond donors (Lipinski definition) is 0. The van der Waals surface area contributed by atoms with Crippen LogP contribution in [0.1, 0.15) is 6.92 Å². The normalized spacial score (nSPS) is 11.4. The Hall–Kier alpha value is -0.740. The van der Waals surface area contributed by atoms with Crippen LogP contribution >= 0.6 is 23.2 Å². The molecule has 14 heavy (non-hydrogen) atoms. The molecule has 0 heterocycles. The summed E-state index contributed by atoms with van der Waals surface area (Å²) in [6.07, 6.45) is 0.956. The largest absolute Gasteiger partial charge is 0.503 e. The van der Waals surface area contributed by atoms with Crippen LogP contribution in [0.2, 0.25) is 0 Å². The standard InChI is InChI=1S/C8H10Cl2O4/c1-3-14-8(12)5(4-13-2)6(11)7(9)10/h4,7H,3H2,1-2H3. The van der Waals surface area contributed by atoms with Gasteiger partial charge in [0.25, 0.3) is 0 Å². The second-order valence-corrected chi connectivity index (χ2v) is 3.25. The zero-order valence-electron chi connectivity index (χ0n) is 7.75. The summed E-state index contributed by atoms with van der Waals surface area (Å²) < 4.78 is 9.14. The molecule has 0 aliphatic heterocycles. The number of ether oxygens (including phenoxy) is 2. The van der Waals surface area contributed by atoms with Gasteiger partial charge >= 0.3 is 5.97 Å². The van der Waals surface area contributed by atoms with Crippen molar-refractivity contribution >= 4 is 35.0 Å². The molecule has 0 atom stereocenters. The Kier molecular flexibility index (Phi) is 6.32. The Bertz CT molecular complexity index is 248. The van der Waals surface area contributed by atoms with Crippen LogP contribution in [0.15, 0.2) is 11.8 Å². The quantitative estimate of drug-likeness (QED) is 0.182. The molecule has 0 amide bonds. The second kappa shape index (κ2) is 6.68. The molecule has 0 unspecified atom stereocenters. The van der Waals surface area contributed by atoms with E-state index in [-0.39, 0.29) is 12.2 Å². The minimum atomic E-state index is -1.30. The number of ketones is 1. The summed E-state index contributed by atoms with van der Waals surface area (Å²) in [7, 11) is 1.30. The number of alkyl halides is 2. The van der Waals surface area contributed by atoms with Gasteiger partial charge in [-0.05, 0) is 6.92 Å². The van der Waals surface area contributed by atoms with Crippen LogP contribution in [-0.4, -0.2) is 30.3 Å². The van der Waals surface area contributed by atoms with Crippen molar-refractivity contribution in [3.8, 4) is 0 Å². The smallest absolute Gasteiger partial charge is 0.345 e. The highest BCUT2D eigenvalue weighted by molar-refractivity contribution is 6.56. The lowest BCUT2D eigenvalue weighted by molar-refractivity contribution is -0.140. The first-order valence-corrected chi connectivity index (χ1v) is 4.64. The van der Waals surface area contributed by atoms with Gasteiger partial charge < -0.3 is 9.47 Å². The summed E-state index contributed by atoms with van der Waals surface area (Å²) in [5, 5.41) is 0. The zero-order valence-corrected chi connectivity index (χ0v) is 9.26. The molecular weight excluding hydrogens is 231 g/mol. The highest BCUT2D eigenvalue weighted by Crippen LogP contribution is 2.12. The van der Waals surface area contributed by atoms with Crippen LogP contribution in [-0.2, 0) is 19.1 Å². The first-order valence-electron chi connectivity index (χ1n) is 3.77. The second-order valence-electron chi connectivity index (χ2n) is 2.15. The van der Waals surface area contributed by atoms with Crippen molar-refractivity contribution in [1.29, 1.82) is 0 Å².